The first kappa shape index (κ1) is 30.8. The molecule has 6 aliphatic rings. The zero-order valence-electron chi connectivity index (χ0n) is 26.0. The molecule has 0 radical (unpaired) electrons. The zero-order valence-corrected chi connectivity index (χ0v) is 26.8. The van der Waals surface area contributed by atoms with Crippen molar-refractivity contribution >= 4 is 35.1 Å². The number of aliphatic carboxylic acids is 1. The molecule has 3 saturated carbocycles. The summed E-state index contributed by atoms with van der Waals surface area (Å²) in [6.07, 6.45) is 4.27. The summed E-state index contributed by atoms with van der Waals surface area (Å²) in [7, 11) is 1.69. The molecule has 14 heteroatoms. The Morgan fingerprint density at radius 2 is 2.02 bits per heavy atom. The van der Waals surface area contributed by atoms with Crippen LogP contribution in [-0.2, 0) is 19.1 Å². The number of rotatable bonds is 10. The summed E-state index contributed by atoms with van der Waals surface area (Å²) >= 11 is 1.35. The highest BCUT2D eigenvalue weighted by atomic mass is 32.1. The Kier molecular flexibility index (Phi) is 7.64. The molecular weight excluding hydrogens is 615 g/mol. The first-order valence-corrected chi connectivity index (χ1v) is 16.4. The monoisotopic (exact) mass is 652 g/mol. The maximum absolute atomic E-state index is 14.8. The van der Waals surface area contributed by atoms with Gasteiger partial charge in [0.15, 0.2) is 10.8 Å². The van der Waals surface area contributed by atoms with Gasteiger partial charge in [0, 0.05) is 61.5 Å². The fraction of sp³-hybridized carbons (Fsp3) is 0.531. The van der Waals surface area contributed by atoms with Crippen LogP contribution in [0.1, 0.15) is 48.4 Å². The van der Waals surface area contributed by atoms with Crippen LogP contribution in [0.3, 0.4) is 0 Å². The number of benzene rings is 1. The second-order valence-electron chi connectivity index (χ2n) is 13.0. The van der Waals surface area contributed by atoms with Gasteiger partial charge in [0.25, 0.3) is 0 Å². The maximum atomic E-state index is 14.8. The minimum atomic E-state index is -1.04. The number of ether oxygens (including phenoxy) is 2. The van der Waals surface area contributed by atoms with Crippen LogP contribution in [0.4, 0.5) is 9.18 Å². The summed E-state index contributed by atoms with van der Waals surface area (Å²) in [6, 6.07) is 2.06. The standard InChI is InChI=1S/C32H37FN6O6S/c1-4-45-29(42)23-21(35-26(27-34-8-11-46-27)36-24(23)19-6-5-7-20(33)18(19)2)12-37-9-10-38-22(25(37)28(40)41)13-39(30(38)43)32-14-31(15-32,16-32)17-44-3/h5-8,11,22,24-25H,4,9-10,12-17H2,1-3H3,(H,35,36)(H,40,41)/t22-,24+,25-,31?,32?/m1/s1. The number of fused-ring (bicyclic) bond motifs is 1. The van der Waals surface area contributed by atoms with Gasteiger partial charge in [0.2, 0.25) is 0 Å². The van der Waals surface area contributed by atoms with Crippen molar-refractivity contribution in [1.29, 1.82) is 0 Å². The van der Waals surface area contributed by atoms with Crippen LogP contribution in [0.5, 0.6) is 0 Å². The van der Waals surface area contributed by atoms with E-state index < -0.39 is 35.9 Å². The number of methoxy groups -OCH3 is 1. The molecule has 2 aromatic rings. The lowest BCUT2D eigenvalue weighted by atomic mass is 9.39. The van der Waals surface area contributed by atoms with Gasteiger partial charge in [-0.1, -0.05) is 12.1 Å². The van der Waals surface area contributed by atoms with E-state index in [0.717, 1.165) is 19.3 Å². The van der Waals surface area contributed by atoms with E-state index in [1.54, 1.807) is 54.5 Å². The van der Waals surface area contributed by atoms with Gasteiger partial charge in [-0.25, -0.2) is 19.0 Å². The molecule has 3 aliphatic heterocycles. The smallest absolute Gasteiger partial charge is 0.338 e. The highest BCUT2D eigenvalue weighted by molar-refractivity contribution is 7.11. The predicted molar refractivity (Wildman–Crippen MR) is 166 cm³/mol. The molecule has 2 amide bonds. The van der Waals surface area contributed by atoms with Crippen LogP contribution in [0.2, 0.25) is 0 Å². The average Bonchev–Trinajstić information content (AvgIpc) is 3.64. The molecule has 2 bridgehead atoms. The summed E-state index contributed by atoms with van der Waals surface area (Å²) in [4.78, 5) is 54.9. The Morgan fingerprint density at radius 1 is 1.24 bits per heavy atom. The van der Waals surface area contributed by atoms with Gasteiger partial charge in [-0.05, 0) is 50.3 Å². The van der Waals surface area contributed by atoms with Crippen LogP contribution >= 0.6 is 11.3 Å². The van der Waals surface area contributed by atoms with E-state index >= 15 is 0 Å². The molecule has 2 N–H and O–H groups in total. The maximum Gasteiger partial charge on any atom is 0.338 e. The van der Waals surface area contributed by atoms with Crippen molar-refractivity contribution in [1.82, 2.24) is 25.0 Å². The number of amides is 2. The van der Waals surface area contributed by atoms with Crippen LogP contribution in [0.15, 0.2) is 46.0 Å². The highest BCUT2D eigenvalue weighted by Crippen LogP contribution is 2.70. The molecular formula is C32H37FN6O6S. The summed E-state index contributed by atoms with van der Waals surface area (Å²) in [5.74, 6) is -1.70. The van der Waals surface area contributed by atoms with Gasteiger partial charge >= 0.3 is 18.0 Å². The third kappa shape index (κ3) is 4.80. The van der Waals surface area contributed by atoms with Crippen molar-refractivity contribution in [2.24, 2.45) is 10.4 Å². The second kappa shape index (κ2) is 11.4. The average molecular weight is 653 g/mol. The van der Waals surface area contributed by atoms with Gasteiger partial charge in [0.1, 0.15) is 17.9 Å². The van der Waals surface area contributed by atoms with E-state index in [4.69, 9.17) is 14.5 Å². The fourth-order valence-electron chi connectivity index (χ4n) is 8.36. The third-order valence-electron chi connectivity index (χ3n) is 10.2. The number of carbonyl (C=O) groups excluding carboxylic acids is 2. The quantitative estimate of drug-likeness (QED) is 0.372. The van der Waals surface area contributed by atoms with Crippen molar-refractivity contribution in [3.63, 3.8) is 0 Å². The Morgan fingerprint density at radius 3 is 2.70 bits per heavy atom. The number of thiazole rings is 1. The number of urea groups is 1. The van der Waals surface area contributed by atoms with E-state index in [-0.39, 0.29) is 42.3 Å². The molecule has 1 aromatic carbocycles. The number of carbonyl (C=O) groups is 3. The van der Waals surface area contributed by atoms with Gasteiger partial charge < -0.3 is 29.7 Å². The molecule has 0 spiro atoms. The number of esters is 1. The van der Waals surface area contributed by atoms with E-state index in [1.165, 1.54) is 17.4 Å². The Bertz CT molecular complexity index is 1630. The minimum Gasteiger partial charge on any atom is -0.480 e. The SMILES string of the molecule is CCOC(=O)C1=C(CN2CCN3C(=O)N(C45CC(COC)(C4)C5)C[C@@H]3[C@@H]2C(=O)O)NC(c2nccs2)=N[C@H]1c1cccc(F)c1C. The molecule has 46 heavy (non-hydrogen) atoms. The van der Waals surface area contributed by atoms with Crippen molar-refractivity contribution in [3.05, 3.63) is 63.0 Å². The largest absolute Gasteiger partial charge is 0.480 e. The molecule has 5 fully saturated rings. The number of hydrogen-bond acceptors (Lipinski definition) is 10. The summed E-state index contributed by atoms with van der Waals surface area (Å²) < 4.78 is 25.7. The molecule has 3 aliphatic carbocycles. The van der Waals surface area contributed by atoms with Crippen LogP contribution < -0.4 is 5.32 Å². The van der Waals surface area contributed by atoms with Gasteiger partial charge in [-0.2, -0.15) is 0 Å². The van der Waals surface area contributed by atoms with Crippen molar-refractivity contribution in [3.8, 4) is 0 Å². The van der Waals surface area contributed by atoms with E-state index in [9.17, 15) is 23.9 Å². The minimum absolute atomic E-state index is 0.0427. The molecule has 2 saturated heterocycles. The second-order valence-corrected chi connectivity index (χ2v) is 13.9. The van der Waals surface area contributed by atoms with Crippen molar-refractivity contribution in [2.45, 2.75) is 56.8 Å². The predicted octanol–water partition coefficient (Wildman–Crippen LogP) is 2.94. The summed E-state index contributed by atoms with van der Waals surface area (Å²) in [5, 5.41) is 16.2. The lowest BCUT2D eigenvalue weighted by molar-refractivity contribution is -0.222. The number of nitrogens with zero attached hydrogens (tertiary/aromatic N) is 5. The number of aromatic nitrogens is 1. The number of nitrogens with one attached hydrogen (secondary N) is 1. The van der Waals surface area contributed by atoms with Gasteiger partial charge in [-0.15, -0.1) is 11.3 Å². The molecule has 244 valence electrons. The molecule has 4 heterocycles. The topological polar surface area (TPSA) is 137 Å². The van der Waals surface area contributed by atoms with E-state index in [1.807, 2.05) is 4.90 Å². The van der Waals surface area contributed by atoms with Crippen LogP contribution in [0, 0.1) is 18.2 Å². The first-order chi connectivity index (χ1) is 22.1. The number of piperazine rings is 1. The number of amidine groups is 1. The van der Waals surface area contributed by atoms with Gasteiger partial charge in [0.05, 0.1) is 24.8 Å². The van der Waals surface area contributed by atoms with Crippen molar-refractivity contribution < 1.29 is 33.4 Å². The Labute approximate surface area is 269 Å². The number of carboxylic acid groups (broad SMARTS) is 1. The van der Waals surface area contributed by atoms with Gasteiger partial charge in [-0.3, -0.25) is 14.7 Å². The fourth-order valence-corrected chi connectivity index (χ4v) is 8.94. The molecule has 3 atom stereocenters. The number of halogens is 1. The van der Waals surface area contributed by atoms with Crippen LogP contribution in [-0.4, -0.2) is 113 Å². The number of hydrogen-bond donors (Lipinski definition) is 2. The third-order valence-corrected chi connectivity index (χ3v) is 11.0. The normalized spacial score (nSPS) is 30.3. The van der Waals surface area contributed by atoms with Crippen LogP contribution in [0.25, 0.3) is 0 Å². The Balaban J connectivity index is 1.23. The first-order valence-electron chi connectivity index (χ1n) is 15.5. The van der Waals surface area contributed by atoms with E-state index in [2.05, 4.69) is 10.3 Å². The molecule has 1 aromatic heterocycles. The number of aliphatic imine (C=N–C) groups is 1. The summed E-state index contributed by atoms with van der Waals surface area (Å²) in [6.45, 7) is 5.12. The lowest BCUT2D eigenvalue weighted by Gasteiger charge is -2.73. The highest BCUT2D eigenvalue weighted by Gasteiger charge is 2.72. The number of carboxylic acids is 1. The van der Waals surface area contributed by atoms with Crippen molar-refractivity contribution in [2.75, 3.05) is 46.5 Å². The lowest BCUT2D eigenvalue weighted by Crippen LogP contribution is -2.76. The molecule has 12 nitrogen and oxygen atoms in total. The summed E-state index contributed by atoms with van der Waals surface area (Å²) in [5.41, 5.74) is 1.35. The molecule has 0 unspecified atom stereocenters. The van der Waals surface area contributed by atoms with E-state index in [0.29, 0.717) is 47.4 Å². The Hall–Kier alpha value is -3.88. The zero-order chi connectivity index (χ0) is 32.4. The molecule has 8 rings (SSSR count).